The van der Waals surface area contributed by atoms with Gasteiger partial charge < -0.3 is 9.84 Å². The van der Waals surface area contributed by atoms with E-state index in [1.54, 1.807) is 0 Å². The molecule has 2 heteroatoms. The molecule has 0 heterocycles. The SMILES string of the molecule is OCCCCC(COC1CCCCC1)C1CCCCC1. The van der Waals surface area contributed by atoms with Crippen LogP contribution in [0.4, 0.5) is 0 Å². The highest BCUT2D eigenvalue weighted by Crippen LogP contribution is 2.33. The molecule has 0 saturated heterocycles. The molecule has 0 amide bonds. The molecule has 2 rings (SSSR count). The number of hydrogen-bond acceptors (Lipinski definition) is 2. The summed E-state index contributed by atoms with van der Waals surface area (Å²) in [6.45, 7) is 1.33. The number of aliphatic hydroxyl groups is 1. The van der Waals surface area contributed by atoms with Crippen molar-refractivity contribution in [2.45, 2.75) is 89.6 Å². The van der Waals surface area contributed by atoms with E-state index in [9.17, 15) is 0 Å². The summed E-state index contributed by atoms with van der Waals surface area (Å²) >= 11 is 0. The highest BCUT2D eigenvalue weighted by Gasteiger charge is 2.25. The lowest BCUT2D eigenvalue weighted by Crippen LogP contribution is -2.26. The van der Waals surface area contributed by atoms with Crippen molar-refractivity contribution in [2.75, 3.05) is 13.2 Å². The summed E-state index contributed by atoms with van der Waals surface area (Å²) in [5.41, 5.74) is 0. The average molecular weight is 282 g/mol. The third-order valence-electron chi connectivity index (χ3n) is 5.40. The highest BCUT2D eigenvalue weighted by molar-refractivity contribution is 4.75. The smallest absolute Gasteiger partial charge is 0.0575 e. The van der Waals surface area contributed by atoms with Gasteiger partial charge in [-0.2, -0.15) is 0 Å². The minimum atomic E-state index is 0.348. The Morgan fingerprint density at radius 3 is 2.15 bits per heavy atom. The minimum Gasteiger partial charge on any atom is -0.396 e. The van der Waals surface area contributed by atoms with Gasteiger partial charge in [-0.3, -0.25) is 0 Å². The van der Waals surface area contributed by atoms with Crippen LogP contribution >= 0.6 is 0 Å². The molecule has 2 nitrogen and oxygen atoms in total. The second-order valence-corrected chi connectivity index (χ2v) is 6.97. The number of ether oxygens (including phenoxy) is 1. The molecule has 1 atom stereocenters. The van der Waals surface area contributed by atoms with E-state index in [0.717, 1.165) is 24.9 Å². The Labute approximate surface area is 125 Å². The van der Waals surface area contributed by atoms with Gasteiger partial charge in [0, 0.05) is 6.61 Å². The predicted octanol–water partition coefficient (Wildman–Crippen LogP) is 4.69. The largest absolute Gasteiger partial charge is 0.396 e. The van der Waals surface area contributed by atoms with Gasteiger partial charge in [0.25, 0.3) is 0 Å². The van der Waals surface area contributed by atoms with Gasteiger partial charge in [-0.15, -0.1) is 0 Å². The first-order valence-corrected chi connectivity index (χ1v) is 9.12. The molecule has 0 aliphatic heterocycles. The quantitative estimate of drug-likeness (QED) is 0.654. The Bertz CT molecular complexity index is 230. The molecule has 0 aromatic heterocycles. The van der Waals surface area contributed by atoms with Gasteiger partial charge in [0.1, 0.15) is 0 Å². The molecule has 0 bridgehead atoms. The van der Waals surface area contributed by atoms with Crippen LogP contribution in [0.5, 0.6) is 0 Å². The molecule has 2 fully saturated rings. The van der Waals surface area contributed by atoms with Crippen molar-refractivity contribution in [2.24, 2.45) is 11.8 Å². The van der Waals surface area contributed by atoms with E-state index in [1.807, 2.05) is 0 Å². The topological polar surface area (TPSA) is 29.5 Å². The molecule has 20 heavy (non-hydrogen) atoms. The van der Waals surface area contributed by atoms with E-state index in [1.165, 1.54) is 77.0 Å². The molecule has 2 aliphatic rings. The summed E-state index contributed by atoms with van der Waals surface area (Å²) in [6.07, 6.45) is 17.8. The second-order valence-electron chi connectivity index (χ2n) is 6.97. The molecule has 0 aromatic carbocycles. The van der Waals surface area contributed by atoms with Crippen LogP contribution in [-0.4, -0.2) is 24.4 Å². The summed E-state index contributed by atoms with van der Waals surface area (Å²) in [5, 5.41) is 8.99. The van der Waals surface area contributed by atoms with Crippen molar-refractivity contribution in [1.29, 1.82) is 0 Å². The van der Waals surface area contributed by atoms with Gasteiger partial charge in [0.05, 0.1) is 12.7 Å². The maximum atomic E-state index is 8.99. The van der Waals surface area contributed by atoms with E-state index in [0.29, 0.717) is 12.7 Å². The van der Waals surface area contributed by atoms with Crippen LogP contribution in [0.3, 0.4) is 0 Å². The van der Waals surface area contributed by atoms with E-state index in [4.69, 9.17) is 9.84 Å². The van der Waals surface area contributed by atoms with E-state index in [-0.39, 0.29) is 0 Å². The third kappa shape index (κ3) is 5.73. The first-order valence-electron chi connectivity index (χ1n) is 9.12. The highest BCUT2D eigenvalue weighted by atomic mass is 16.5. The maximum absolute atomic E-state index is 8.99. The lowest BCUT2D eigenvalue weighted by atomic mass is 9.78. The Morgan fingerprint density at radius 1 is 0.850 bits per heavy atom. The fraction of sp³-hybridized carbons (Fsp3) is 1.00. The number of unbranched alkanes of at least 4 members (excludes halogenated alkanes) is 1. The zero-order valence-corrected chi connectivity index (χ0v) is 13.2. The number of aliphatic hydroxyl groups excluding tert-OH is 1. The molecular formula is C18H34O2. The van der Waals surface area contributed by atoms with E-state index >= 15 is 0 Å². The fourth-order valence-electron chi connectivity index (χ4n) is 4.07. The van der Waals surface area contributed by atoms with Crippen molar-refractivity contribution in [3.63, 3.8) is 0 Å². The molecule has 0 spiro atoms. The minimum absolute atomic E-state index is 0.348. The van der Waals surface area contributed by atoms with Crippen molar-refractivity contribution < 1.29 is 9.84 Å². The number of hydrogen-bond donors (Lipinski definition) is 1. The molecule has 0 aromatic rings. The van der Waals surface area contributed by atoms with Gasteiger partial charge >= 0.3 is 0 Å². The number of rotatable bonds is 8. The summed E-state index contributed by atoms with van der Waals surface area (Å²) < 4.78 is 6.27. The lowest BCUT2D eigenvalue weighted by molar-refractivity contribution is -0.0106. The van der Waals surface area contributed by atoms with Crippen LogP contribution in [0.1, 0.15) is 83.5 Å². The zero-order valence-electron chi connectivity index (χ0n) is 13.2. The summed E-state index contributed by atoms with van der Waals surface area (Å²) in [6, 6.07) is 0. The molecule has 1 N–H and O–H groups in total. The monoisotopic (exact) mass is 282 g/mol. The van der Waals surface area contributed by atoms with Gasteiger partial charge in [-0.05, 0) is 37.5 Å². The summed E-state index contributed by atoms with van der Waals surface area (Å²) in [7, 11) is 0. The second kappa shape index (κ2) is 9.78. The predicted molar refractivity (Wildman–Crippen MR) is 83.8 cm³/mol. The van der Waals surface area contributed by atoms with Crippen LogP contribution in [0.15, 0.2) is 0 Å². The van der Waals surface area contributed by atoms with Crippen LogP contribution in [0.25, 0.3) is 0 Å². The molecule has 118 valence electrons. The Kier molecular flexibility index (Phi) is 7.97. The van der Waals surface area contributed by atoms with Crippen molar-refractivity contribution in [3.8, 4) is 0 Å². The zero-order chi connectivity index (χ0) is 14.0. The van der Waals surface area contributed by atoms with Crippen molar-refractivity contribution >= 4 is 0 Å². The normalized spacial score (nSPS) is 23.9. The Balaban J connectivity index is 1.74. The van der Waals surface area contributed by atoms with Gasteiger partial charge in [0.15, 0.2) is 0 Å². The molecule has 0 radical (unpaired) electrons. The third-order valence-corrected chi connectivity index (χ3v) is 5.40. The molecular weight excluding hydrogens is 248 g/mol. The van der Waals surface area contributed by atoms with Gasteiger partial charge in [-0.1, -0.05) is 57.8 Å². The lowest BCUT2D eigenvalue weighted by Gasteiger charge is -2.32. The summed E-state index contributed by atoms with van der Waals surface area (Å²) in [5.74, 6) is 1.65. The first kappa shape index (κ1) is 16.3. The Hall–Kier alpha value is -0.0800. The Morgan fingerprint density at radius 2 is 1.50 bits per heavy atom. The van der Waals surface area contributed by atoms with Crippen molar-refractivity contribution in [3.05, 3.63) is 0 Å². The van der Waals surface area contributed by atoms with Crippen LogP contribution < -0.4 is 0 Å². The van der Waals surface area contributed by atoms with E-state index < -0.39 is 0 Å². The van der Waals surface area contributed by atoms with Gasteiger partial charge in [-0.25, -0.2) is 0 Å². The fourth-order valence-corrected chi connectivity index (χ4v) is 4.07. The molecule has 1 unspecified atom stereocenters. The van der Waals surface area contributed by atoms with Crippen LogP contribution in [0, 0.1) is 11.8 Å². The average Bonchev–Trinajstić information content (AvgIpc) is 2.52. The maximum Gasteiger partial charge on any atom is 0.0575 e. The van der Waals surface area contributed by atoms with Crippen LogP contribution in [-0.2, 0) is 4.74 Å². The molecule has 2 aliphatic carbocycles. The van der Waals surface area contributed by atoms with E-state index in [2.05, 4.69) is 0 Å². The first-order chi connectivity index (χ1) is 9.90. The summed E-state index contributed by atoms with van der Waals surface area (Å²) in [4.78, 5) is 0. The standard InChI is InChI=1S/C18H34O2/c19-14-8-7-11-17(16-9-3-1-4-10-16)15-20-18-12-5-2-6-13-18/h16-19H,1-15H2. The van der Waals surface area contributed by atoms with Crippen LogP contribution in [0.2, 0.25) is 0 Å². The van der Waals surface area contributed by atoms with Crippen molar-refractivity contribution in [1.82, 2.24) is 0 Å². The van der Waals surface area contributed by atoms with Gasteiger partial charge in [0.2, 0.25) is 0 Å². The molecule has 2 saturated carbocycles.